The molecule has 0 unspecified atom stereocenters. The fourth-order valence-electron chi connectivity index (χ4n) is 1.49. The molecule has 0 radical (unpaired) electrons. The maximum absolute atomic E-state index is 10.9. The zero-order valence-corrected chi connectivity index (χ0v) is 8.62. The number of aromatic nitrogens is 1. The SMILES string of the molecule is O=C(O)c1cc(C2OCCO2)cnc1C(=O)O. The number of nitrogens with zero attached hydrogens (tertiary/aromatic N) is 1. The standard InChI is InChI=1S/C10H9NO6/c12-8(13)6-3-5(10-16-1-2-17-10)4-11-7(6)9(14)15/h3-4,10H,1-2H2,(H,12,13)(H,14,15). The van der Waals surface area contributed by atoms with Crippen molar-refractivity contribution in [2.24, 2.45) is 0 Å². The summed E-state index contributed by atoms with van der Waals surface area (Å²) in [4.78, 5) is 25.3. The van der Waals surface area contributed by atoms with Gasteiger partial charge in [-0.2, -0.15) is 0 Å². The molecule has 7 nitrogen and oxygen atoms in total. The van der Waals surface area contributed by atoms with E-state index in [2.05, 4.69) is 4.98 Å². The average Bonchev–Trinajstić information content (AvgIpc) is 2.81. The first-order valence-corrected chi connectivity index (χ1v) is 4.79. The van der Waals surface area contributed by atoms with Crippen LogP contribution in [0.25, 0.3) is 0 Å². The number of hydrogen-bond acceptors (Lipinski definition) is 5. The minimum absolute atomic E-state index is 0.380. The maximum Gasteiger partial charge on any atom is 0.355 e. The Morgan fingerprint density at radius 1 is 1.24 bits per heavy atom. The van der Waals surface area contributed by atoms with E-state index in [1.807, 2.05) is 0 Å². The molecule has 2 heterocycles. The van der Waals surface area contributed by atoms with Gasteiger partial charge in [-0.15, -0.1) is 0 Å². The monoisotopic (exact) mass is 239 g/mol. The van der Waals surface area contributed by atoms with Crippen LogP contribution in [0.4, 0.5) is 0 Å². The molecule has 1 aliphatic heterocycles. The fourth-order valence-corrected chi connectivity index (χ4v) is 1.49. The fraction of sp³-hybridized carbons (Fsp3) is 0.300. The molecule has 1 aliphatic rings. The van der Waals surface area contributed by atoms with Crippen LogP contribution >= 0.6 is 0 Å². The second-order valence-corrected chi connectivity index (χ2v) is 3.35. The minimum atomic E-state index is -1.39. The molecule has 1 aromatic rings. The molecule has 17 heavy (non-hydrogen) atoms. The number of rotatable bonds is 3. The molecular weight excluding hydrogens is 230 g/mol. The molecule has 0 amide bonds. The Labute approximate surface area is 95.6 Å². The van der Waals surface area contributed by atoms with Gasteiger partial charge < -0.3 is 19.7 Å². The lowest BCUT2D eigenvalue weighted by atomic mass is 10.1. The van der Waals surface area contributed by atoms with Gasteiger partial charge in [-0.1, -0.05) is 0 Å². The summed E-state index contributed by atoms with van der Waals surface area (Å²) >= 11 is 0. The van der Waals surface area contributed by atoms with Crippen LogP contribution in [0.2, 0.25) is 0 Å². The van der Waals surface area contributed by atoms with E-state index < -0.39 is 23.9 Å². The summed E-state index contributed by atoms with van der Waals surface area (Å²) in [6.07, 6.45) is 0.565. The van der Waals surface area contributed by atoms with Gasteiger partial charge in [0, 0.05) is 11.8 Å². The smallest absolute Gasteiger partial charge is 0.355 e. The van der Waals surface area contributed by atoms with Gasteiger partial charge in [0.25, 0.3) is 0 Å². The molecule has 0 aromatic carbocycles. The van der Waals surface area contributed by atoms with E-state index in [0.717, 1.165) is 0 Å². The summed E-state index contributed by atoms with van der Waals surface area (Å²) in [6, 6.07) is 1.20. The van der Waals surface area contributed by atoms with Crippen LogP contribution in [0.1, 0.15) is 32.7 Å². The molecule has 90 valence electrons. The molecular formula is C10H9NO6. The number of ether oxygens (including phenoxy) is 2. The van der Waals surface area contributed by atoms with Gasteiger partial charge in [0.2, 0.25) is 0 Å². The third-order valence-corrected chi connectivity index (χ3v) is 2.24. The zero-order valence-electron chi connectivity index (χ0n) is 8.62. The Kier molecular flexibility index (Phi) is 3.03. The number of carboxylic acid groups (broad SMARTS) is 2. The van der Waals surface area contributed by atoms with Crippen LogP contribution in [-0.2, 0) is 9.47 Å². The predicted molar refractivity (Wildman–Crippen MR) is 52.8 cm³/mol. The van der Waals surface area contributed by atoms with Crippen LogP contribution in [0.3, 0.4) is 0 Å². The van der Waals surface area contributed by atoms with Crippen molar-refractivity contribution in [1.82, 2.24) is 4.98 Å². The van der Waals surface area contributed by atoms with Gasteiger partial charge in [-0.25, -0.2) is 14.6 Å². The topological polar surface area (TPSA) is 106 Å². The average molecular weight is 239 g/mol. The summed E-state index contributed by atoms with van der Waals surface area (Å²) in [5.74, 6) is -2.74. The van der Waals surface area contributed by atoms with Gasteiger partial charge in [0.05, 0.1) is 18.8 Å². The molecule has 0 aliphatic carbocycles. The first kappa shape index (κ1) is 11.5. The highest BCUT2D eigenvalue weighted by Crippen LogP contribution is 2.24. The molecule has 7 heteroatoms. The Morgan fingerprint density at radius 2 is 1.88 bits per heavy atom. The molecule has 0 spiro atoms. The predicted octanol–water partition coefficient (Wildman–Crippen LogP) is 0.523. The maximum atomic E-state index is 10.9. The van der Waals surface area contributed by atoms with Crippen molar-refractivity contribution in [2.45, 2.75) is 6.29 Å². The quantitative estimate of drug-likeness (QED) is 0.791. The minimum Gasteiger partial charge on any atom is -0.478 e. The van der Waals surface area contributed by atoms with E-state index >= 15 is 0 Å². The number of carbonyl (C=O) groups is 2. The molecule has 1 fully saturated rings. The highest BCUT2D eigenvalue weighted by Gasteiger charge is 2.24. The van der Waals surface area contributed by atoms with Crippen molar-refractivity contribution in [2.75, 3.05) is 13.2 Å². The third kappa shape index (κ3) is 2.24. The molecule has 0 saturated carbocycles. The van der Waals surface area contributed by atoms with Crippen LogP contribution in [0.5, 0.6) is 0 Å². The first-order valence-electron chi connectivity index (χ1n) is 4.79. The second-order valence-electron chi connectivity index (χ2n) is 3.35. The normalized spacial score (nSPS) is 16.0. The summed E-state index contributed by atoms with van der Waals surface area (Å²) in [5.41, 5.74) is -0.488. The summed E-state index contributed by atoms with van der Waals surface area (Å²) in [5, 5.41) is 17.7. The first-order chi connectivity index (χ1) is 8.09. The Bertz CT molecular complexity index is 466. The van der Waals surface area contributed by atoms with Gasteiger partial charge in [-0.3, -0.25) is 0 Å². The van der Waals surface area contributed by atoms with E-state index in [0.29, 0.717) is 18.8 Å². The van der Waals surface area contributed by atoms with Crippen molar-refractivity contribution in [1.29, 1.82) is 0 Å². The van der Waals surface area contributed by atoms with Crippen molar-refractivity contribution in [3.8, 4) is 0 Å². The number of carboxylic acids is 2. The van der Waals surface area contributed by atoms with Crippen molar-refractivity contribution in [3.63, 3.8) is 0 Å². The van der Waals surface area contributed by atoms with E-state index in [-0.39, 0.29) is 5.56 Å². The van der Waals surface area contributed by atoms with E-state index in [4.69, 9.17) is 19.7 Å². The Balaban J connectivity index is 2.41. The van der Waals surface area contributed by atoms with Gasteiger partial charge in [0.15, 0.2) is 12.0 Å². The molecule has 1 aromatic heterocycles. The second kappa shape index (κ2) is 4.48. The van der Waals surface area contributed by atoms with Crippen molar-refractivity contribution in [3.05, 3.63) is 29.1 Å². The molecule has 2 rings (SSSR count). The largest absolute Gasteiger partial charge is 0.478 e. The van der Waals surface area contributed by atoms with Crippen LogP contribution in [0.15, 0.2) is 12.3 Å². The van der Waals surface area contributed by atoms with Crippen LogP contribution in [-0.4, -0.2) is 40.3 Å². The molecule has 0 atom stereocenters. The lowest BCUT2D eigenvalue weighted by Crippen LogP contribution is -2.12. The molecule has 2 N–H and O–H groups in total. The number of aromatic carboxylic acids is 2. The molecule has 1 saturated heterocycles. The van der Waals surface area contributed by atoms with Gasteiger partial charge >= 0.3 is 11.9 Å². The number of hydrogen-bond donors (Lipinski definition) is 2. The zero-order chi connectivity index (χ0) is 12.4. The molecule has 0 bridgehead atoms. The van der Waals surface area contributed by atoms with Crippen molar-refractivity contribution < 1.29 is 29.3 Å². The Hall–Kier alpha value is -1.99. The summed E-state index contributed by atoms with van der Waals surface area (Å²) in [6.45, 7) is 0.821. The highest BCUT2D eigenvalue weighted by atomic mass is 16.7. The van der Waals surface area contributed by atoms with E-state index in [9.17, 15) is 9.59 Å². The third-order valence-electron chi connectivity index (χ3n) is 2.24. The summed E-state index contributed by atoms with van der Waals surface area (Å²) < 4.78 is 10.3. The van der Waals surface area contributed by atoms with Crippen LogP contribution < -0.4 is 0 Å². The van der Waals surface area contributed by atoms with E-state index in [1.54, 1.807) is 0 Å². The number of pyridine rings is 1. The lowest BCUT2D eigenvalue weighted by molar-refractivity contribution is -0.0444. The van der Waals surface area contributed by atoms with Gasteiger partial charge in [0.1, 0.15) is 0 Å². The lowest BCUT2D eigenvalue weighted by Gasteiger charge is -2.10. The van der Waals surface area contributed by atoms with E-state index in [1.165, 1.54) is 12.3 Å². The van der Waals surface area contributed by atoms with Gasteiger partial charge in [-0.05, 0) is 6.07 Å². The summed E-state index contributed by atoms with van der Waals surface area (Å²) in [7, 11) is 0. The van der Waals surface area contributed by atoms with Crippen molar-refractivity contribution >= 4 is 11.9 Å². The Morgan fingerprint density at radius 3 is 2.41 bits per heavy atom. The highest BCUT2D eigenvalue weighted by molar-refractivity contribution is 6.00. The van der Waals surface area contributed by atoms with Crippen LogP contribution in [0, 0.1) is 0 Å².